The lowest BCUT2D eigenvalue weighted by Gasteiger charge is -2.10. The van der Waals surface area contributed by atoms with E-state index in [1.54, 1.807) is 0 Å². The molecule has 0 radical (unpaired) electrons. The molecule has 0 bridgehead atoms. The van der Waals surface area contributed by atoms with E-state index >= 15 is 0 Å². The van der Waals surface area contributed by atoms with Crippen LogP contribution in [-0.4, -0.2) is 4.98 Å². The lowest BCUT2D eigenvalue weighted by Crippen LogP contribution is -1.95. The van der Waals surface area contributed by atoms with Crippen LogP contribution in [0.1, 0.15) is 16.5 Å². The quantitative estimate of drug-likeness (QED) is 0.710. The van der Waals surface area contributed by atoms with E-state index in [2.05, 4.69) is 20.9 Å². The van der Waals surface area contributed by atoms with E-state index in [9.17, 15) is 4.79 Å². The zero-order valence-electron chi connectivity index (χ0n) is 10.4. The predicted octanol–water partition coefficient (Wildman–Crippen LogP) is 4.41. The molecule has 1 atom stereocenters. The maximum atomic E-state index is 11.1. The maximum absolute atomic E-state index is 11.1. The van der Waals surface area contributed by atoms with E-state index in [0.29, 0.717) is 11.1 Å². The third kappa shape index (κ3) is 2.81. The van der Waals surface area contributed by atoms with Gasteiger partial charge in [-0.2, -0.15) is 0 Å². The monoisotopic (exact) mass is 351 g/mol. The zero-order valence-corrected chi connectivity index (χ0v) is 12.7. The Kier molecular flexibility index (Phi) is 3.68. The van der Waals surface area contributed by atoms with Crippen LogP contribution in [0.25, 0.3) is 11.1 Å². The van der Waals surface area contributed by atoms with Gasteiger partial charge in [-0.15, -0.1) is 11.6 Å². The molecule has 3 rings (SSSR count). The number of alkyl halides is 1. The number of halogens is 2. The van der Waals surface area contributed by atoms with Crippen molar-refractivity contribution in [2.75, 3.05) is 0 Å². The molecule has 1 heterocycles. The third-order valence-electron chi connectivity index (χ3n) is 3.13. The van der Waals surface area contributed by atoms with Crippen molar-refractivity contribution in [3.8, 4) is 0 Å². The molecule has 0 aliphatic carbocycles. The number of fused-ring (bicyclic) bond motifs is 1. The summed E-state index contributed by atoms with van der Waals surface area (Å²) in [5.74, 6) is -0.448. The number of aromatic nitrogens is 1. The van der Waals surface area contributed by atoms with Crippen LogP contribution in [0.5, 0.6) is 0 Å². The molecule has 0 saturated carbocycles. The number of oxazole rings is 1. The molecule has 1 unspecified atom stereocenters. The van der Waals surface area contributed by atoms with Crippen LogP contribution in [0.3, 0.4) is 0 Å². The first-order valence-corrected chi connectivity index (χ1v) is 7.36. The maximum Gasteiger partial charge on any atom is 0.417 e. The van der Waals surface area contributed by atoms with Crippen LogP contribution < -0.4 is 5.76 Å². The van der Waals surface area contributed by atoms with Gasteiger partial charge in [-0.25, -0.2) is 4.79 Å². The van der Waals surface area contributed by atoms with Gasteiger partial charge in [0.05, 0.1) is 10.9 Å². The summed E-state index contributed by atoms with van der Waals surface area (Å²) < 4.78 is 6.09. The van der Waals surface area contributed by atoms with E-state index in [1.165, 1.54) is 0 Å². The summed E-state index contributed by atoms with van der Waals surface area (Å²) >= 11 is 9.85. The van der Waals surface area contributed by atoms with E-state index in [-0.39, 0.29) is 5.38 Å². The second kappa shape index (κ2) is 5.46. The molecule has 0 amide bonds. The SMILES string of the molecule is O=c1[nH]c2ccc(C(Cl)Cc3ccc(Br)cc3)cc2o1. The number of benzene rings is 2. The van der Waals surface area contributed by atoms with Crippen molar-refractivity contribution < 1.29 is 4.42 Å². The van der Waals surface area contributed by atoms with Crippen LogP contribution >= 0.6 is 27.5 Å². The van der Waals surface area contributed by atoms with Crippen LogP contribution in [0, 0.1) is 0 Å². The van der Waals surface area contributed by atoms with Crippen LogP contribution in [0.15, 0.2) is 56.1 Å². The van der Waals surface area contributed by atoms with Crippen molar-refractivity contribution in [2.45, 2.75) is 11.8 Å². The van der Waals surface area contributed by atoms with E-state index in [4.69, 9.17) is 16.0 Å². The highest BCUT2D eigenvalue weighted by atomic mass is 79.9. The summed E-state index contributed by atoms with van der Waals surface area (Å²) in [4.78, 5) is 13.7. The van der Waals surface area contributed by atoms with Gasteiger partial charge in [0, 0.05) is 4.47 Å². The van der Waals surface area contributed by atoms with Crippen molar-refractivity contribution in [3.63, 3.8) is 0 Å². The lowest BCUT2D eigenvalue weighted by atomic mass is 10.0. The Morgan fingerprint density at radius 2 is 1.95 bits per heavy atom. The first-order chi connectivity index (χ1) is 9.61. The summed E-state index contributed by atoms with van der Waals surface area (Å²) in [6, 6.07) is 13.6. The Balaban J connectivity index is 1.85. The normalized spacial score (nSPS) is 12.7. The molecule has 1 aromatic heterocycles. The fourth-order valence-electron chi connectivity index (χ4n) is 2.10. The Bertz CT molecular complexity index is 791. The van der Waals surface area contributed by atoms with Gasteiger partial charge >= 0.3 is 5.76 Å². The summed E-state index contributed by atoms with van der Waals surface area (Å²) in [7, 11) is 0. The zero-order chi connectivity index (χ0) is 14.1. The highest BCUT2D eigenvalue weighted by Gasteiger charge is 2.11. The molecule has 0 aliphatic heterocycles. The minimum atomic E-state index is -0.448. The Morgan fingerprint density at radius 1 is 1.20 bits per heavy atom. The van der Waals surface area contributed by atoms with Gasteiger partial charge in [-0.05, 0) is 41.8 Å². The smallest absolute Gasteiger partial charge is 0.408 e. The summed E-state index contributed by atoms with van der Waals surface area (Å²) in [6.45, 7) is 0. The van der Waals surface area contributed by atoms with Gasteiger partial charge in [0.25, 0.3) is 0 Å². The predicted molar refractivity (Wildman–Crippen MR) is 83.3 cm³/mol. The number of rotatable bonds is 3. The average Bonchev–Trinajstić information content (AvgIpc) is 2.80. The van der Waals surface area contributed by atoms with Crippen molar-refractivity contribution in [3.05, 3.63) is 68.6 Å². The molecule has 0 saturated heterocycles. The molecule has 102 valence electrons. The second-order valence-electron chi connectivity index (χ2n) is 4.57. The van der Waals surface area contributed by atoms with Crippen LogP contribution in [-0.2, 0) is 6.42 Å². The van der Waals surface area contributed by atoms with E-state index in [0.717, 1.165) is 22.0 Å². The fourth-order valence-corrected chi connectivity index (χ4v) is 2.68. The molecule has 2 aromatic carbocycles. The van der Waals surface area contributed by atoms with Gasteiger partial charge in [0.2, 0.25) is 0 Å². The number of hydrogen-bond donors (Lipinski definition) is 1. The topological polar surface area (TPSA) is 46.0 Å². The molecule has 1 N–H and O–H groups in total. The van der Waals surface area contributed by atoms with Gasteiger partial charge < -0.3 is 4.42 Å². The highest BCUT2D eigenvalue weighted by molar-refractivity contribution is 9.10. The molecule has 3 aromatic rings. The van der Waals surface area contributed by atoms with E-state index < -0.39 is 5.76 Å². The van der Waals surface area contributed by atoms with Gasteiger partial charge in [-0.1, -0.05) is 34.1 Å². The van der Waals surface area contributed by atoms with Gasteiger partial charge in [0.15, 0.2) is 5.58 Å². The number of H-pyrrole nitrogens is 1. The minimum absolute atomic E-state index is 0.166. The molecule has 0 spiro atoms. The summed E-state index contributed by atoms with van der Waals surface area (Å²) in [5, 5.41) is -0.166. The van der Waals surface area contributed by atoms with Gasteiger partial charge in [-0.3, -0.25) is 4.98 Å². The van der Waals surface area contributed by atoms with Crippen LogP contribution in [0.2, 0.25) is 0 Å². The highest BCUT2D eigenvalue weighted by Crippen LogP contribution is 2.27. The molecular weight excluding hydrogens is 342 g/mol. The Hall–Kier alpha value is -1.52. The number of aromatic amines is 1. The number of nitrogens with one attached hydrogen (secondary N) is 1. The summed E-state index contributed by atoms with van der Waals surface area (Å²) in [6.07, 6.45) is 0.717. The molecule has 0 aliphatic rings. The van der Waals surface area contributed by atoms with Crippen molar-refractivity contribution in [1.29, 1.82) is 0 Å². The largest absolute Gasteiger partial charge is 0.417 e. The first kappa shape index (κ1) is 13.5. The molecular formula is C15H11BrClNO2. The Labute approximate surface area is 128 Å². The molecule has 20 heavy (non-hydrogen) atoms. The van der Waals surface area contributed by atoms with Crippen molar-refractivity contribution >= 4 is 38.6 Å². The van der Waals surface area contributed by atoms with Crippen molar-refractivity contribution in [1.82, 2.24) is 4.98 Å². The Morgan fingerprint density at radius 3 is 2.70 bits per heavy atom. The van der Waals surface area contributed by atoms with E-state index in [1.807, 2.05) is 42.5 Å². The fraction of sp³-hybridized carbons (Fsp3) is 0.133. The standard InChI is InChI=1S/C15H11BrClNO2/c16-11-4-1-9(2-5-11)7-12(17)10-3-6-13-14(8-10)20-15(19)18-13/h1-6,8,12H,7H2,(H,18,19). The minimum Gasteiger partial charge on any atom is -0.408 e. The lowest BCUT2D eigenvalue weighted by molar-refractivity contribution is 0.555. The van der Waals surface area contributed by atoms with Crippen molar-refractivity contribution in [2.24, 2.45) is 0 Å². The third-order valence-corrected chi connectivity index (χ3v) is 4.07. The first-order valence-electron chi connectivity index (χ1n) is 6.13. The second-order valence-corrected chi connectivity index (χ2v) is 6.01. The molecule has 0 fully saturated rings. The number of hydrogen-bond acceptors (Lipinski definition) is 2. The summed E-state index contributed by atoms with van der Waals surface area (Å²) in [5.41, 5.74) is 3.31. The average molecular weight is 353 g/mol. The molecule has 3 nitrogen and oxygen atoms in total. The van der Waals surface area contributed by atoms with Crippen LogP contribution in [0.4, 0.5) is 0 Å². The molecule has 5 heteroatoms. The van der Waals surface area contributed by atoms with Gasteiger partial charge in [0.1, 0.15) is 0 Å².